The standard InChI is InChI=1S/C21H24ClF3N4O3.C8H13N/c1-11-8-29(3-4-31-9-11)19-14-10-32-17(7-16(14)27-20(28-19)30-2)13-5-12(26)6-15(22)18(13)21(23,24)25;1-7-5-8-3-2-4-9(8)6-7/h5-6,11,17H,3-4,7-10,26H2,1-2H3;8H,1-6H2. The number of nitrogens with two attached hydrogens (primary N) is 1. The van der Waals surface area contributed by atoms with Crippen LogP contribution in [0, 0.1) is 5.92 Å². The number of nitrogen functional groups attached to an aromatic ring is 1. The average molecular weight is 596 g/mol. The number of aromatic nitrogens is 2. The summed E-state index contributed by atoms with van der Waals surface area (Å²) in [7, 11) is 1.45. The highest BCUT2D eigenvalue weighted by molar-refractivity contribution is 6.31. The molecule has 2 aromatic rings. The van der Waals surface area contributed by atoms with E-state index in [-0.39, 0.29) is 36.2 Å². The first kappa shape index (κ1) is 29.9. The summed E-state index contributed by atoms with van der Waals surface area (Å²) in [6.07, 6.45) is -1.36. The van der Waals surface area contributed by atoms with Crippen LogP contribution in [0.25, 0.3) is 0 Å². The minimum absolute atomic E-state index is 0.0504. The molecule has 5 heterocycles. The molecule has 0 saturated carbocycles. The van der Waals surface area contributed by atoms with Crippen LogP contribution in [0.5, 0.6) is 6.01 Å². The normalized spacial score (nSPS) is 24.8. The molecule has 0 radical (unpaired) electrons. The summed E-state index contributed by atoms with van der Waals surface area (Å²) < 4.78 is 58.1. The molecular weight excluding hydrogens is 559 g/mol. The second-order valence-corrected chi connectivity index (χ2v) is 11.7. The lowest BCUT2D eigenvalue weighted by atomic mass is 9.94. The first-order chi connectivity index (χ1) is 19.5. The van der Waals surface area contributed by atoms with Gasteiger partial charge in [-0.25, -0.2) is 0 Å². The molecule has 0 amide bonds. The van der Waals surface area contributed by atoms with Gasteiger partial charge < -0.3 is 24.8 Å². The molecule has 0 aliphatic carbocycles. The maximum absolute atomic E-state index is 13.7. The predicted octanol–water partition coefficient (Wildman–Crippen LogP) is 5.44. The van der Waals surface area contributed by atoms with E-state index in [1.54, 1.807) is 0 Å². The molecule has 0 spiro atoms. The zero-order valence-electron chi connectivity index (χ0n) is 23.5. The number of benzene rings is 1. The maximum atomic E-state index is 13.7. The third kappa shape index (κ3) is 6.74. The minimum atomic E-state index is -4.65. The summed E-state index contributed by atoms with van der Waals surface area (Å²) in [4.78, 5) is 13.6. The molecule has 3 unspecified atom stereocenters. The molecule has 224 valence electrons. The molecule has 12 heteroatoms. The highest BCUT2D eigenvalue weighted by Crippen LogP contribution is 2.44. The number of ether oxygens (including phenoxy) is 3. The van der Waals surface area contributed by atoms with Crippen LogP contribution in [0.4, 0.5) is 24.7 Å². The molecule has 2 N–H and O–H groups in total. The Kier molecular flexibility index (Phi) is 8.98. The van der Waals surface area contributed by atoms with Gasteiger partial charge in [0.05, 0.1) is 49.3 Å². The molecule has 41 heavy (non-hydrogen) atoms. The van der Waals surface area contributed by atoms with Crippen LogP contribution in [-0.4, -0.2) is 67.4 Å². The van der Waals surface area contributed by atoms with Crippen LogP contribution in [0.15, 0.2) is 24.3 Å². The smallest absolute Gasteiger partial charge is 0.418 e. The predicted molar refractivity (Wildman–Crippen MR) is 151 cm³/mol. The Bertz CT molecular complexity index is 1260. The first-order valence-electron chi connectivity index (χ1n) is 14.0. The molecule has 1 aromatic heterocycles. The van der Waals surface area contributed by atoms with Crippen molar-refractivity contribution < 1.29 is 27.4 Å². The van der Waals surface area contributed by atoms with Crippen LogP contribution in [0.2, 0.25) is 5.02 Å². The van der Waals surface area contributed by atoms with E-state index in [0.29, 0.717) is 31.3 Å². The van der Waals surface area contributed by atoms with E-state index in [0.717, 1.165) is 24.2 Å². The van der Waals surface area contributed by atoms with Gasteiger partial charge in [0.1, 0.15) is 5.82 Å². The average Bonchev–Trinajstić information content (AvgIpc) is 3.41. The van der Waals surface area contributed by atoms with Crippen molar-refractivity contribution >= 4 is 23.1 Å². The molecule has 4 aliphatic heterocycles. The molecule has 0 bridgehead atoms. The van der Waals surface area contributed by atoms with Crippen molar-refractivity contribution in [1.29, 1.82) is 0 Å². The molecule has 6 rings (SSSR count). The molecule has 8 nitrogen and oxygen atoms in total. The van der Waals surface area contributed by atoms with Crippen molar-refractivity contribution in [2.45, 2.75) is 57.5 Å². The van der Waals surface area contributed by atoms with Gasteiger partial charge in [-0.15, -0.1) is 0 Å². The lowest BCUT2D eigenvalue weighted by Crippen LogP contribution is -2.32. The Balaban J connectivity index is 0.000000315. The van der Waals surface area contributed by atoms with E-state index >= 15 is 0 Å². The minimum Gasteiger partial charge on any atom is -0.467 e. The number of anilines is 2. The topological polar surface area (TPSA) is 86.0 Å². The fourth-order valence-electron chi connectivity index (χ4n) is 6.18. The fraction of sp³-hybridized carbons (Fsp3) is 0.586. The number of halogens is 4. The SMILES string of the molecule is C=C1CC2CCCN2C1.COc1nc2c(c(N3CCOCC(C)C3)n1)COC(c1cc(N)cc(Cl)c1C(F)(F)F)C2. The number of rotatable bonds is 3. The molecule has 1 aromatic carbocycles. The van der Waals surface area contributed by atoms with E-state index in [1.807, 2.05) is 0 Å². The van der Waals surface area contributed by atoms with Gasteiger partial charge in [0.15, 0.2) is 0 Å². The van der Waals surface area contributed by atoms with Crippen molar-refractivity contribution in [2.24, 2.45) is 5.92 Å². The summed E-state index contributed by atoms with van der Waals surface area (Å²) in [6.45, 7) is 11.2. The van der Waals surface area contributed by atoms with E-state index in [4.69, 9.17) is 31.5 Å². The fourth-order valence-corrected chi connectivity index (χ4v) is 6.52. The number of alkyl halides is 3. The van der Waals surface area contributed by atoms with Crippen molar-refractivity contribution in [2.75, 3.05) is 57.1 Å². The van der Waals surface area contributed by atoms with Gasteiger partial charge in [-0.1, -0.05) is 30.7 Å². The molecule has 3 atom stereocenters. The lowest BCUT2D eigenvalue weighted by molar-refractivity contribution is -0.139. The number of methoxy groups -OCH3 is 1. The number of fused-ring (bicyclic) bond motifs is 2. The Morgan fingerprint density at radius 2 is 2.00 bits per heavy atom. The van der Waals surface area contributed by atoms with Gasteiger partial charge in [0.2, 0.25) is 0 Å². The second-order valence-electron chi connectivity index (χ2n) is 11.3. The molecule has 3 fully saturated rings. The summed E-state index contributed by atoms with van der Waals surface area (Å²) in [5.74, 6) is 0.944. The maximum Gasteiger partial charge on any atom is 0.418 e. The summed E-state index contributed by atoms with van der Waals surface area (Å²) >= 11 is 5.92. The van der Waals surface area contributed by atoms with E-state index in [2.05, 4.69) is 33.3 Å². The number of nitrogens with zero attached hydrogens (tertiary/aromatic N) is 4. The second kappa shape index (κ2) is 12.3. The quantitative estimate of drug-likeness (QED) is 0.371. The Morgan fingerprint density at radius 3 is 2.73 bits per heavy atom. The van der Waals surface area contributed by atoms with Gasteiger partial charge in [-0.2, -0.15) is 23.1 Å². The van der Waals surface area contributed by atoms with Gasteiger partial charge in [-0.05, 0) is 49.4 Å². The monoisotopic (exact) mass is 595 g/mol. The first-order valence-corrected chi connectivity index (χ1v) is 14.4. The Hall–Kier alpha value is -2.60. The van der Waals surface area contributed by atoms with Crippen molar-refractivity contribution in [1.82, 2.24) is 14.9 Å². The lowest BCUT2D eigenvalue weighted by Gasteiger charge is -2.32. The Labute approximate surface area is 243 Å². The summed E-state index contributed by atoms with van der Waals surface area (Å²) in [5, 5.41) is -0.457. The van der Waals surface area contributed by atoms with E-state index < -0.39 is 22.9 Å². The third-order valence-electron chi connectivity index (χ3n) is 8.00. The third-order valence-corrected chi connectivity index (χ3v) is 8.30. The molecular formula is C29H37ClF3N5O3. The van der Waals surface area contributed by atoms with Crippen LogP contribution >= 0.6 is 11.6 Å². The Morgan fingerprint density at radius 1 is 1.20 bits per heavy atom. The zero-order chi connectivity index (χ0) is 29.3. The largest absolute Gasteiger partial charge is 0.467 e. The zero-order valence-corrected chi connectivity index (χ0v) is 24.2. The van der Waals surface area contributed by atoms with Crippen LogP contribution in [0.3, 0.4) is 0 Å². The van der Waals surface area contributed by atoms with Gasteiger partial charge in [0.25, 0.3) is 0 Å². The van der Waals surface area contributed by atoms with E-state index in [1.165, 1.54) is 51.1 Å². The van der Waals surface area contributed by atoms with Gasteiger partial charge >= 0.3 is 12.2 Å². The molecule has 3 saturated heterocycles. The number of hydrogen-bond acceptors (Lipinski definition) is 8. The van der Waals surface area contributed by atoms with Gasteiger partial charge in [-0.3, -0.25) is 4.90 Å². The van der Waals surface area contributed by atoms with Crippen LogP contribution in [0.1, 0.15) is 54.7 Å². The summed E-state index contributed by atoms with van der Waals surface area (Å²) in [6, 6.07) is 3.39. The number of hydrogen-bond donors (Lipinski definition) is 1. The van der Waals surface area contributed by atoms with Crippen molar-refractivity contribution in [3.8, 4) is 6.01 Å². The van der Waals surface area contributed by atoms with Crippen LogP contribution < -0.4 is 15.4 Å². The van der Waals surface area contributed by atoms with Crippen molar-refractivity contribution in [3.05, 3.63) is 51.7 Å². The van der Waals surface area contributed by atoms with Gasteiger partial charge in [0, 0.05) is 43.3 Å². The highest BCUT2D eigenvalue weighted by atomic mass is 35.5. The van der Waals surface area contributed by atoms with Crippen molar-refractivity contribution in [3.63, 3.8) is 0 Å². The van der Waals surface area contributed by atoms with Crippen LogP contribution in [-0.2, 0) is 28.7 Å². The summed E-state index contributed by atoms with van der Waals surface area (Å²) in [5.41, 5.74) is 7.63. The van der Waals surface area contributed by atoms with E-state index in [9.17, 15) is 13.2 Å². The molecule has 4 aliphatic rings. The highest BCUT2D eigenvalue weighted by Gasteiger charge is 2.40.